The molecular formula is C12H14O5. The van der Waals surface area contributed by atoms with E-state index in [1.807, 2.05) is 0 Å². The number of aromatic carboxylic acids is 1. The van der Waals surface area contributed by atoms with Crippen molar-refractivity contribution in [1.82, 2.24) is 0 Å². The lowest BCUT2D eigenvalue weighted by Gasteiger charge is -2.10. The Morgan fingerprint density at radius 1 is 1.24 bits per heavy atom. The smallest absolute Gasteiger partial charge is 0.341 e. The van der Waals surface area contributed by atoms with Gasteiger partial charge in [0.25, 0.3) is 0 Å². The van der Waals surface area contributed by atoms with Gasteiger partial charge in [-0.1, -0.05) is 0 Å². The minimum Gasteiger partial charge on any atom is -0.493 e. The fourth-order valence-electron chi connectivity index (χ4n) is 1.31. The van der Waals surface area contributed by atoms with Gasteiger partial charge in [0, 0.05) is 0 Å². The van der Waals surface area contributed by atoms with Crippen LogP contribution in [0.4, 0.5) is 0 Å². The van der Waals surface area contributed by atoms with E-state index < -0.39 is 11.9 Å². The van der Waals surface area contributed by atoms with E-state index >= 15 is 0 Å². The Morgan fingerprint density at radius 2 is 1.94 bits per heavy atom. The van der Waals surface area contributed by atoms with Crippen LogP contribution in [0.15, 0.2) is 18.2 Å². The molecule has 0 bridgehead atoms. The van der Waals surface area contributed by atoms with Crippen LogP contribution in [0.2, 0.25) is 0 Å². The summed E-state index contributed by atoms with van der Waals surface area (Å²) in [5.41, 5.74) is 0.158. The predicted octanol–water partition coefficient (Wildman–Crippen LogP) is 1.96. The monoisotopic (exact) mass is 238 g/mol. The first kappa shape index (κ1) is 13.0. The average Bonchev–Trinajstić information content (AvgIpc) is 2.30. The predicted molar refractivity (Wildman–Crippen MR) is 60.5 cm³/mol. The molecule has 92 valence electrons. The number of carbonyl (C=O) groups is 2. The maximum Gasteiger partial charge on any atom is 0.341 e. The summed E-state index contributed by atoms with van der Waals surface area (Å²) in [6.07, 6.45) is 0. The molecule has 0 amide bonds. The highest BCUT2D eigenvalue weighted by atomic mass is 16.5. The van der Waals surface area contributed by atoms with E-state index in [4.69, 9.17) is 14.6 Å². The third kappa shape index (κ3) is 3.21. The Bertz CT molecular complexity index is 425. The van der Waals surface area contributed by atoms with Crippen LogP contribution in [0.3, 0.4) is 0 Å². The van der Waals surface area contributed by atoms with Crippen LogP contribution in [0.25, 0.3) is 0 Å². The van der Waals surface area contributed by atoms with E-state index in [1.165, 1.54) is 18.2 Å². The molecule has 1 aromatic carbocycles. The first-order valence-electron chi connectivity index (χ1n) is 5.27. The van der Waals surface area contributed by atoms with Crippen LogP contribution in [0.5, 0.6) is 5.75 Å². The largest absolute Gasteiger partial charge is 0.493 e. The molecule has 0 aromatic heterocycles. The summed E-state index contributed by atoms with van der Waals surface area (Å²) in [6.45, 7) is 4.07. The topological polar surface area (TPSA) is 72.8 Å². The van der Waals surface area contributed by atoms with Gasteiger partial charge in [0.05, 0.1) is 18.8 Å². The molecule has 0 aliphatic heterocycles. The summed E-state index contributed by atoms with van der Waals surface area (Å²) in [7, 11) is 0. The van der Waals surface area contributed by atoms with E-state index in [0.717, 1.165) is 0 Å². The molecular weight excluding hydrogens is 224 g/mol. The molecule has 0 heterocycles. The third-order valence-corrected chi connectivity index (χ3v) is 2.02. The second-order valence-electron chi connectivity index (χ2n) is 3.17. The van der Waals surface area contributed by atoms with Gasteiger partial charge < -0.3 is 14.6 Å². The van der Waals surface area contributed by atoms with Crippen molar-refractivity contribution in [3.05, 3.63) is 29.3 Å². The number of hydrogen-bond acceptors (Lipinski definition) is 4. The van der Waals surface area contributed by atoms with Crippen molar-refractivity contribution in [2.24, 2.45) is 0 Å². The average molecular weight is 238 g/mol. The van der Waals surface area contributed by atoms with Gasteiger partial charge in [-0.2, -0.15) is 0 Å². The zero-order valence-corrected chi connectivity index (χ0v) is 9.73. The zero-order chi connectivity index (χ0) is 12.8. The Hall–Kier alpha value is -2.04. The molecule has 5 heteroatoms. The molecule has 0 aliphatic rings. The number of carboxylic acids is 1. The van der Waals surface area contributed by atoms with Crippen LogP contribution in [-0.2, 0) is 4.74 Å². The number of benzene rings is 1. The molecule has 0 atom stereocenters. The summed E-state index contributed by atoms with van der Waals surface area (Å²) in [4.78, 5) is 22.4. The minimum atomic E-state index is -1.10. The highest BCUT2D eigenvalue weighted by molar-refractivity contribution is 5.96. The van der Waals surface area contributed by atoms with Gasteiger partial charge >= 0.3 is 11.9 Å². The van der Waals surface area contributed by atoms with Crippen LogP contribution in [0, 0.1) is 0 Å². The van der Waals surface area contributed by atoms with E-state index in [-0.39, 0.29) is 17.7 Å². The SMILES string of the molecule is CCOC(=O)c1cc(C(=O)O)ccc1OCC. The van der Waals surface area contributed by atoms with Crippen molar-refractivity contribution in [2.45, 2.75) is 13.8 Å². The fourth-order valence-corrected chi connectivity index (χ4v) is 1.31. The lowest BCUT2D eigenvalue weighted by Crippen LogP contribution is -2.09. The number of rotatable bonds is 5. The molecule has 0 unspecified atom stereocenters. The van der Waals surface area contributed by atoms with E-state index in [9.17, 15) is 9.59 Å². The highest BCUT2D eigenvalue weighted by Crippen LogP contribution is 2.21. The number of ether oxygens (including phenoxy) is 2. The van der Waals surface area contributed by atoms with Crippen LogP contribution in [0.1, 0.15) is 34.6 Å². The maximum absolute atomic E-state index is 11.6. The molecule has 1 rings (SSSR count). The summed E-state index contributed by atoms with van der Waals surface area (Å²) in [5, 5.41) is 8.85. The lowest BCUT2D eigenvalue weighted by atomic mass is 10.1. The molecule has 0 saturated carbocycles. The van der Waals surface area contributed by atoms with Gasteiger partial charge in [-0.3, -0.25) is 0 Å². The molecule has 1 aromatic rings. The Labute approximate surface area is 99.0 Å². The van der Waals surface area contributed by atoms with Gasteiger partial charge in [0.15, 0.2) is 0 Å². The van der Waals surface area contributed by atoms with E-state index in [1.54, 1.807) is 13.8 Å². The lowest BCUT2D eigenvalue weighted by molar-refractivity contribution is 0.0522. The first-order chi connectivity index (χ1) is 8.10. The van der Waals surface area contributed by atoms with Crippen molar-refractivity contribution >= 4 is 11.9 Å². The quantitative estimate of drug-likeness (QED) is 0.794. The summed E-state index contributed by atoms with van der Waals surface area (Å²) >= 11 is 0. The van der Waals surface area contributed by atoms with Gasteiger partial charge in [-0.05, 0) is 32.0 Å². The normalized spacial score (nSPS) is 9.76. The van der Waals surface area contributed by atoms with E-state index in [2.05, 4.69) is 0 Å². The number of esters is 1. The Kier molecular flexibility index (Phi) is 4.51. The van der Waals surface area contributed by atoms with Crippen LogP contribution >= 0.6 is 0 Å². The zero-order valence-electron chi connectivity index (χ0n) is 9.73. The highest BCUT2D eigenvalue weighted by Gasteiger charge is 2.16. The number of hydrogen-bond donors (Lipinski definition) is 1. The molecule has 1 N–H and O–H groups in total. The van der Waals surface area contributed by atoms with Gasteiger partial charge in [-0.15, -0.1) is 0 Å². The molecule has 17 heavy (non-hydrogen) atoms. The van der Waals surface area contributed by atoms with Crippen molar-refractivity contribution < 1.29 is 24.2 Å². The molecule has 0 fully saturated rings. The Morgan fingerprint density at radius 3 is 2.47 bits per heavy atom. The molecule has 0 saturated heterocycles. The van der Waals surface area contributed by atoms with Crippen LogP contribution in [-0.4, -0.2) is 30.3 Å². The standard InChI is InChI=1S/C12H14O5/c1-3-16-10-6-5-8(11(13)14)7-9(10)12(15)17-4-2/h5-7H,3-4H2,1-2H3,(H,13,14). The van der Waals surface area contributed by atoms with Crippen molar-refractivity contribution in [3.63, 3.8) is 0 Å². The summed E-state index contributed by atoms with van der Waals surface area (Å²) in [6, 6.07) is 4.10. The van der Waals surface area contributed by atoms with Gasteiger partial charge in [0.1, 0.15) is 11.3 Å². The van der Waals surface area contributed by atoms with Crippen molar-refractivity contribution in [3.8, 4) is 5.75 Å². The maximum atomic E-state index is 11.6. The summed E-state index contributed by atoms with van der Waals surface area (Å²) in [5.74, 6) is -1.35. The van der Waals surface area contributed by atoms with Crippen molar-refractivity contribution in [1.29, 1.82) is 0 Å². The number of carboxylic acid groups (broad SMARTS) is 1. The third-order valence-electron chi connectivity index (χ3n) is 2.02. The molecule has 0 aliphatic carbocycles. The molecule has 0 radical (unpaired) electrons. The van der Waals surface area contributed by atoms with Crippen LogP contribution < -0.4 is 4.74 Å². The van der Waals surface area contributed by atoms with E-state index in [0.29, 0.717) is 12.4 Å². The minimum absolute atomic E-state index is 0.0245. The summed E-state index contributed by atoms with van der Waals surface area (Å²) < 4.78 is 10.1. The Balaban J connectivity index is 3.15. The van der Waals surface area contributed by atoms with Gasteiger partial charge in [0.2, 0.25) is 0 Å². The number of carbonyl (C=O) groups excluding carboxylic acids is 1. The second-order valence-corrected chi connectivity index (χ2v) is 3.17. The van der Waals surface area contributed by atoms with Gasteiger partial charge in [-0.25, -0.2) is 9.59 Å². The van der Waals surface area contributed by atoms with Crippen molar-refractivity contribution in [2.75, 3.05) is 13.2 Å². The fraction of sp³-hybridized carbons (Fsp3) is 0.333. The second kappa shape index (κ2) is 5.89. The first-order valence-corrected chi connectivity index (χ1v) is 5.27. The molecule has 5 nitrogen and oxygen atoms in total. The molecule has 0 spiro atoms.